The quantitative estimate of drug-likeness (QED) is 0.431. The van der Waals surface area contributed by atoms with E-state index in [0.717, 1.165) is 12.6 Å². The topological polar surface area (TPSA) is 45.7 Å². The average molecular weight is 345 g/mol. The number of guanidine groups is 1. The van der Waals surface area contributed by atoms with Crippen LogP contribution < -0.4 is 10.6 Å². The number of nitrogens with one attached hydrogen (secondary N) is 2. The third-order valence-electron chi connectivity index (χ3n) is 3.56. The van der Waals surface area contributed by atoms with E-state index >= 15 is 0 Å². The summed E-state index contributed by atoms with van der Waals surface area (Å²) in [5, 5.41) is 6.25. The number of aliphatic imine (C=N–C) groups is 1. The van der Waals surface area contributed by atoms with Gasteiger partial charge in [0, 0.05) is 26.7 Å². The number of hydrogen-bond donors (Lipinski definition) is 2. The summed E-state index contributed by atoms with van der Waals surface area (Å²) in [5.74, 6) is 0.684. The standard InChI is InChI=1S/C17H26F3N3O/c1-4-21-16(23-10-11-24-3)22-9-8-13(2)14-6-5-7-15(12-14)17(18,19)20/h5-7,12-13H,4,8-11H2,1-3H3,(H2,21,22,23). The van der Waals surface area contributed by atoms with Crippen molar-refractivity contribution >= 4 is 5.96 Å². The molecule has 7 heteroatoms. The number of halogens is 3. The molecule has 2 N–H and O–H groups in total. The second-order valence-electron chi connectivity index (χ2n) is 5.49. The van der Waals surface area contributed by atoms with Gasteiger partial charge in [0.2, 0.25) is 0 Å². The predicted octanol–water partition coefficient (Wildman–Crippen LogP) is 3.40. The van der Waals surface area contributed by atoms with Gasteiger partial charge in [0.05, 0.1) is 12.2 Å². The van der Waals surface area contributed by atoms with Crippen molar-refractivity contribution in [2.24, 2.45) is 4.99 Å². The summed E-state index contributed by atoms with van der Waals surface area (Å²) in [5.41, 5.74) is 0.0716. The third-order valence-corrected chi connectivity index (χ3v) is 3.56. The zero-order chi connectivity index (χ0) is 18.0. The first-order valence-electron chi connectivity index (χ1n) is 8.06. The summed E-state index contributed by atoms with van der Waals surface area (Å²) in [4.78, 5) is 4.44. The molecule has 0 radical (unpaired) electrons. The number of alkyl halides is 3. The molecule has 0 saturated heterocycles. The fraction of sp³-hybridized carbons (Fsp3) is 0.588. The number of nitrogens with zero attached hydrogens (tertiary/aromatic N) is 1. The number of methoxy groups -OCH3 is 1. The Hall–Kier alpha value is -1.76. The lowest BCUT2D eigenvalue weighted by Gasteiger charge is -2.14. The molecule has 1 aromatic rings. The predicted molar refractivity (Wildman–Crippen MR) is 90.3 cm³/mol. The van der Waals surface area contributed by atoms with Gasteiger partial charge in [-0.05, 0) is 30.9 Å². The summed E-state index contributed by atoms with van der Waals surface area (Å²) in [6, 6.07) is 5.49. The molecule has 4 nitrogen and oxygen atoms in total. The van der Waals surface area contributed by atoms with Crippen LogP contribution in [0.15, 0.2) is 29.3 Å². The van der Waals surface area contributed by atoms with Crippen molar-refractivity contribution in [3.05, 3.63) is 35.4 Å². The Morgan fingerprint density at radius 2 is 2.04 bits per heavy atom. The normalized spacial score (nSPS) is 13.7. The molecule has 1 atom stereocenters. The molecule has 1 unspecified atom stereocenters. The molecular weight excluding hydrogens is 319 g/mol. The Morgan fingerprint density at radius 1 is 1.29 bits per heavy atom. The molecule has 1 aromatic carbocycles. The van der Waals surface area contributed by atoms with Crippen LogP contribution in [0.2, 0.25) is 0 Å². The van der Waals surface area contributed by atoms with Gasteiger partial charge in [-0.3, -0.25) is 4.99 Å². The molecule has 0 bridgehead atoms. The maximum atomic E-state index is 12.8. The van der Waals surface area contributed by atoms with Crippen LogP contribution in [0, 0.1) is 0 Å². The molecule has 1 rings (SSSR count). The highest BCUT2D eigenvalue weighted by Gasteiger charge is 2.30. The Labute approximate surface area is 141 Å². The summed E-state index contributed by atoms with van der Waals surface area (Å²) in [6.07, 6.45) is -3.64. The maximum Gasteiger partial charge on any atom is 0.416 e. The first-order valence-corrected chi connectivity index (χ1v) is 8.06. The molecule has 136 valence electrons. The molecular formula is C17H26F3N3O. The Balaban J connectivity index is 2.60. The lowest BCUT2D eigenvalue weighted by Crippen LogP contribution is -2.39. The van der Waals surface area contributed by atoms with Gasteiger partial charge in [0.1, 0.15) is 0 Å². The molecule has 0 saturated carbocycles. The SMILES string of the molecule is CCNC(=NCCC(C)c1cccc(C(F)(F)F)c1)NCCOC. The molecule has 24 heavy (non-hydrogen) atoms. The fourth-order valence-corrected chi connectivity index (χ4v) is 2.17. The maximum absolute atomic E-state index is 12.8. The van der Waals surface area contributed by atoms with E-state index in [1.54, 1.807) is 13.2 Å². The second kappa shape index (κ2) is 10.2. The summed E-state index contributed by atoms with van der Waals surface area (Å²) >= 11 is 0. The largest absolute Gasteiger partial charge is 0.416 e. The monoisotopic (exact) mass is 345 g/mol. The number of rotatable bonds is 8. The van der Waals surface area contributed by atoms with E-state index in [1.807, 2.05) is 13.8 Å². The van der Waals surface area contributed by atoms with Crippen LogP contribution >= 0.6 is 0 Å². The van der Waals surface area contributed by atoms with E-state index in [2.05, 4.69) is 15.6 Å². The Kier molecular flexibility index (Phi) is 8.60. The highest BCUT2D eigenvalue weighted by molar-refractivity contribution is 5.79. The van der Waals surface area contributed by atoms with Crippen molar-refractivity contribution in [2.45, 2.75) is 32.4 Å². The van der Waals surface area contributed by atoms with Crippen LogP contribution in [-0.2, 0) is 10.9 Å². The van der Waals surface area contributed by atoms with E-state index in [4.69, 9.17) is 4.74 Å². The third kappa shape index (κ3) is 7.21. The van der Waals surface area contributed by atoms with Crippen LogP contribution in [0.3, 0.4) is 0 Å². The molecule has 0 aromatic heterocycles. The zero-order valence-corrected chi connectivity index (χ0v) is 14.4. The van der Waals surface area contributed by atoms with Gasteiger partial charge in [-0.15, -0.1) is 0 Å². The van der Waals surface area contributed by atoms with Gasteiger partial charge in [-0.2, -0.15) is 13.2 Å². The lowest BCUT2D eigenvalue weighted by atomic mass is 9.96. The highest BCUT2D eigenvalue weighted by Crippen LogP contribution is 2.31. The first kappa shape index (κ1) is 20.3. The zero-order valence-electron chi connectivity index (χ0n) is 14.4. The van der Waals surface area contributed by atoms with E-state index < -0.39 is 11.7 Å². The summed E-state index contributed by atoms with van der Waals surface area (Å²) < 4.78 is 43.3. The van der Waals surface area contributed by atoms with E-state index in [0.29, 0.717) is 37.6 Å². The first-order chi connectivity index (χ1) is 11.4. The van der Waals surface area contributed by atoms with Crippen molar-refractivity contribution in [3.8, 4) is 0 Å². The van der Waals surface area contributed by atoms with Crippen LogP contribution in [0.4, 0.5) is 13.2 Å². The highest BCUT2D eigenvalue weighted by atomic mass is 19.4. The Bertz CT molecular complexity index is 518. The minimum absolute atomic E-state index is 0.00194. The minimum Gasteiger partial charge on any atom is -0.383 e. The van der Waals surface area contributed by atoms with Crippen molar-refractivity contribution < 1.29 is 17.9 Å². The average Bonchev–Trinajstić information content (AvgIpc) is 2.54. The number of benzene rings is 1. The second-order valence-corrected chi connectivity index (χ2v) is 5.49. The molecule has 0 aliphatic carbocycles. The fourth-order valence-electron chi connectivity index (χ4n) is 2.17. The number of ether oxygens (including phenoxy) is 1. The smallest absolute Gasteiger partial charge is 0.383 e. The van der Waals surface area contributed by atoms with E-state index in [1.165, 1.54) is 12.1 Å². The van der Waals surface area contributed by atoms with Crippen LogP contribution in [0.1, 0.15) is 37.3 Å². The van der Waals surface area contributed by atoms with Crippen molar-refractivity contribution in [2.75, 3.05) is 33.4 Å². The molecule has 0 spiro atoms. The van der Waals surface area contributed by atoms with Gasteiger partial charge >= 0.3 is 6.18 Å². The van der Waals surface area contributed by atoms with E-state index in [9.17, 15) is 13.2 Å². The molecule has 0 aliphatic heterocycles. The van der Waals surface area contributed by atoms with Crippen molar-refractivity contribution in [3.63, 3.8) is 0 Å². The van der Waals surface area contributed by atoms with Crippen LogP contribution in [-0.4, -0.2) is 39.3 Å². The molecule has 0 amide bonds. The minimum atomic E-state index is -4.31. The van der Waals surface area contributed by atoms with Gasteiger partial charge < -0.3 is 15.4 Å². The molecule has 0 aliphatic rings. The summed E-state index contributed by atoms with van der Waals surface area (Å²) in [6.45, 7) is 6.37. The van der Waals surface area contributed by atoms with Gasteiger partial charge in [0.15, 0.2) is 5.96 Å². The molecule has 0 heterocycles. The van der Waals surface area contributed by atoms with Gasteiger partial charge in [-0.25, -0.2) is 0 Å². The molecule has 0 fully saturated rings. The van der Waals surface area contributed by atoms with Crippen LogP contribution in [0.5, 0.6) is 0 Å². The van der Waals surface area contributed by atoms with Crippen molar-refractivity contribution in [1.82, 2.24) is 10.6 Å². The number of hydrogen-bond acceptors (Lipinski definition) is 2. The lowest BCUT2D eigenvalue weighted by molar-refractivity contribution is -0.137. The van der Waals surface area contributed by atoms with E-state index in [-0.39, 0.29) is 5.92 Å². The van der Waals surface area contributed by atoms with Crippen molar-refractivity contribution in [1.29, 1.82) is 0 Å². The van der Waals surface area contributed by atoms with Gasteiger partial charge in [0.25, 0.3) is 0 Å². The van der Waals surface area contributed by atoms with Gasteiger partial charge in [-0.1, -0.05) is 25.1 Å². The Morgan fingerprint density at radius 3 is 2.67 bits per heavy atom. The van der Waals surface area contributed by atoms with Crippen LogP contribution in [0.25, 0.3) is 0 Å². The summed E-state index contributed by atoms with van der Waals surface area (Å²) in [7, 11) is 1.63.